The van der Waals surface area contributed by atoms with E-state index in [4.69, 9.17) is 33.7 Å². The Balaban J connectivity index is 2.08. The van der Waals surface area contributed by atoms with E-state index < -0.39 is 5.97 Å². The lowest BCUT2D eigenvalue weighted by molar-refractivity contribution is -0.135. The van der Waals surface area contributed by atoms with Crippen LogP contribution in [0.2, 0.25) is 5.02 Å². The number of carboxylic acids is 1. The van der Waals surface area contributed by atoms with Crippen LogP contribution in [-0.2, 0) is 9.53 Å². The van der Waals surface area contributed by atoms with Crippen LogP contribution in [0.15, 0.2) is 18.2 Å². The van der Waals surface area contributed by atoms with Crippen molar-refractivity contribution in [1.82, 2.24) is 0 Å². The van der Waals surface area contributed by atoms with E-state index in [2.05, 4.69) is 0 Å². The molecule has 2 aliphatic heterocycles. The number of carboxylic acid groups (broad SMARTS) is 1. The van der Waals surface area contributed by atoms with Gasteiger partial charge in [0.25, 0.3) is 0 Å². The van der Waals surface area contributed by atoms with Crippen molar-refractivity contribution in [3.8, 4) is 0 Å². The minimum Gasteiger partial charge on any atom is -0.485 e. The molecule has 3 rings (SSSR count). The molecule has 19 heavy (non-hydrogen) atoms. The summed E-state index contributed by atoms with van der Waals surface area (Å²) >= 11 is 11.3. The number of benzene rings is 1. The van der Waals surface area contributed by atoms with Crippen molar-refractivity contribution in [2.45, 2.75) is 18.4 Å². The van der Waals surface area contributed by atoms with Gasteiger partial charge in [-0.2, -0.15) is 0 Å². The fraction of sp³-hybridized carbons (Fsp3) is 0.385. The molecule has 1 aromatic rings. The quantitative estimate of drug-likeness (QED) is 0.850. The number of anilines is 1. The molecule has 0 saturated carbocycles. The molecular weight excluding hydrogens is 286 g/mol. The minimum atomic E-state index is -0.880. The van der Waals surface area contributed by atoms with E-state index >= 15 is 0 Å². The number of nitrogens with zero attached hydrogens (tertiary/aromatic N) is 1. The van der Waals surface area contributed by atoms with Crippen LogP contribution in [-0.4, -0.2) is 35.3 Å². The van der Waals surface area contributed by atoms with Gasteiger partial charge >= 0.3 is 5.97 Å². The van der Waals surface area contributed by atoms with Crippen molar-refractivity contribution >= 4 is 40.5 Å². The molecular formula is C13H12ClNO3S. The van der Waals surface area contributed by atoms with Crippen molar-refractivity contribution in [2.75, 3.05) is 18.1 Å². The maximum Gasteiger partial charge on any atom is 0.323 e. The molecule has 1 fully saturated rings. The molecule has 0 aliphatic carbocycles. The van der Waals surface area contributed by atoms with Gasteiger partial charge in [0.15, 0.2) is 5.05 Å². The van der Waals surface area contributed by atoms with Gasteiger partial charge in [-0.3, -0.25) is 4.79 Å². The van der Waals surface area contributed by atoms with Gasteiger partial charge < -0.3 is 14.7 Å². The van der Waals surface area contributed by atoms with Crippen molar-refractivity contribution in [3.63, 3.8) is 0 Å². The van der Waals surface area contributed by atoms with Crippen LogP contribution < -0.4 is 4.90 Å². The van der Waals surface area contributed by atoms with Gasteiger partial charge in [0.05, 0.1) is 6.61 Å². The first kappa shape index (κ1) is 12.7. The smallest absolute Gasteiger partial charge is 0.323 e. The van der Waals surface area contributed by atoms with Gasteiger partial charge in [-0.25, -0.2) is 0 Å². The summed E-state index contributed by atoms with van der Waals surface area (Å²) in [6, 6.07) is 5.37. The Kier molecular flexibility index (Phi) is 3.11. The molecule has 1 saturated heterocycles. The highest BCUT2D eigenvalue weighted by Gasteiger charge is 2.44. The summed E-state index contributed by atoms with van der Waals surface area (Å²) in [5.41, 5.74) is 1.97. The summed E-state index contributed by atoms with van der Waals surface area (Å²) in [4.78, 5) is 12.9. The minimum absolute atomic E-state index is 0.0840. The third-order valence-corrected chi connectivity index (χ3v) is 4.23. The van der Waals surface area contributed by atoms with Crippen molar-refractivity contribution in [1.29, 1.82) is 0 Å². The van der Waals surface area contributed by atoms with Gasteiger partial charge in [-0.15, -0.1) is 0 Å². The first-order valence-corrected chi connectivity index (χ1v) is 6.81. The van der Waals surface area contributed by atoms with E-state index in [-0.39, 0.29) is 18.5 Å². The third kappa shape index (κ3) is 2.07. The molecule has 0 spiro atoms. The average Bonchev–Trinajstić information content (AvgIpc) is 2.64. The molecule has 2 aliphatic rings. The number of fused-ring (bicyclic) bond motifs is 3. The summed E-state index contributed by atoms with van der Waals surface area (Å²) in [7, 11) is 0. The molecule has 2 atom stereocenters. The Bertz CT molecular complexity index is 563. The largest absolute Gasteiger partial charge is 0.485 e. The van der Waals surface area contributed by atoms with E-state index in [9.17, 15) is 4.79 Å². The van der Waals surface area contributed by atoms with Gasteiger partial charge in [-0.05, 0) is 42.4 Å². The Hall–Kier alpha value is -1.33. The average molecular weight is 298 g/mol. The summed E-state index contributed by atoms with van der Waals surface area (Å²) < 4.78 is 5.43. The molecule has 0 aromatic heterocycles. The Morgan fingerprint density at radius 3 is 3.11 bits per heavy atom. The first-order valence-electron chi connectivity index (χ1n) is 6.02. The normalized spacial score (nSPS) is 24.7. The van der Waals surface area contributed by atoms with Crippen molar-refractivity contribution < 1.29 is 14.6 Å². The second-order valence-corrected chi connectivity index (χ2v) is 5.57. The number of hydrogen-bond donors (Lipinski definition) is 1. The van der Waals surface area contributed by atoms with Crippen LogP contribution in [0.4, 0.5) is 5.69 Å². The van der Waals surface area contributed by atoms with Crippen LogP contribution >= 0.6 is 23.8 Å². The second kappa shape index (κ2) is 4.65. The van der Waals surface area contributed by atoms with E-state index in [1.54, 1.807) is 11.0 Å². The second-order valence-electron chi connectivity index (χ2n) is 4.73. The molecule has 4 nitrogen and oxygen atoms in total. The maximum absolute atomic E-state index is 11.1. The number of aliphatic carboxylic acids is 1. The van der Waals surface area contributed by atoms with Crippen LogP contribution in [0.1, 0.15) is 17.9 Å². The zero-order valence-corrected chi connectivity index (χ0v) is 11.6. The number of ether oxygens (including phenoxy) is 1. The predicted octanol–water partition coefficient (Wildman–Crippen LogP) is 2.44. The van der Waals surface area contributed by atoms with E-state index in [0.29, 0.717) is 16.7 Å². The van der Waals surface area contributed by atoms with E-state index in [1.807, 2.05) is 12.1 Å². The Labute approximate surface area is 120 Å². The maximum atomic E-state index is 11.1. The number of carbonyl (C=O) groups is 1. The lowest BCUT2D eigenvalue weighted by Crippen LogP contribution is -2.46. The Morgan fingerprint density at radius 2 is 2.37 bits per heavy atom. The highest BCUT2D eigenvalue weighted by Crippen LogP contribution is 2.46. The van der Waals surface area contributed by atoms with Gasteiger partial charge in [0.1, 0.15) is 12.6 Å². The number of rotatable bonds is 2. The van der Waals surface area contributed by atoms with E-state index in [1.165, 1.54) is 0 Å². The van der Waals surface area contributed by atoms with Gasteiger partial charge in [0, 0.05) is 16.6 Å². The first-order chi connectivity index (χ1) is 9.08. The molecule has 1 aromatic carbocycles. The predicted molar refractivity (Wildman–Crippen MR) is 76.1 cm³/mol. The highest BCUT2D eigenvalue weighted by atomic mass is 35.5. The molecule has 0 bridgehead atoms. The zero-order chi connectivity index (χ0) is 13.6. The van der Waals surface area contributed by atoms with Crippen molar-refractivity contribution in [2.24, 2.45) is 0 Å². The van der Waals surface area contributed by atoms with Crippen LogP contribution in [0, 0.1) is 0 Å². The van der Waals surface area contributed by atoms with Gasteiger partial charge in [-0.1, -0.05) is 11.6 Å². The SMILES string of the molecule is O=C(O)CN1c2ccc(Cl)cc2C2CCOC(=S)C21. The molecule has 0 radical (unpaired) electrons. The van der Waals surface area contributed by atoms with E-state index in [0.717, 1.165) is 17.7 Å². The number of halogens is 1. The van der Waals surface area contributed by atoms with Gasteiger partial charge in [0.2, 0.25) is 0 Å². The lowest BCUT2D eigenvalue weighted by atomic mass is 9.91. The van der Waals surface area contributed by atoms with Crippen molar-refractivity contribution in [3.05, 3.63) is 28.8 Å². The molecule has 2 unspecified atom stereocenters. The standard InChI is InChI=1S/C13H12ClNO3S/c14-7-1-2-10-9(5-7)8-3-4-18-13(19)12(8)15(10)6-11(16)17/h1-2,5,8,12H,3-4,6H2,(H,16,17). The van der Waals surface area contributed by atoms with Crippen LogP contribution in [0.5, 0.6) is 0 Å². The molecule has 2 heterocycles. The molecule has 100 valence electrons. The number of thiocarbonyl (C=S) groups is 1. The Morgan fingerprint density at radius 1 is 1.58 bits per heavy atom. The summed E-state index contributed by atoms with van der Waals surface area (Å²) in [5.74, 6) is -0.704. The highest BCUT2D eigenvalue weighted by molar-refractivity contribution is 7.80. The summed E-state index contributed by atoms with van der Waals surface area (Å²) in [6.45, 7) is 0.492. The molecule has 1 N–H and O–H groups in total. The van der Waals surface area contributed by atoms with Crippen LogP contribution in [0.25, 0.3) is 0 Å². The molecule has 6 heteroatoms. The fourth-order valence-corrected chi connectivity index (χ4v) is 3.48. The topological polar surface area (TPSA) is 49.8 Å². The molecule has 0 amide bonds. The zero-order valence-electron chi connectivity index (χ0n) is 10.0. The summed E-state index contributed by atoms with van der Waals surface area (Å²) in [5, 5.41) is 10.2. The third-order valence-electron chi connectivity index (χ3n) is 3.64. The van der Waals surface area contributed by atoms with Crippen LogP contribution in [0.3, 0.4) is 0 Å². The lowest BCUT2D eigenvalue weighted by Gasteiger charge is -2.32. The summed E-state index contributed by atoms with van der Waals surface area (Å²) in [6.07, 6.45) is 0.828. The number of hydrogen-bond acceptors (Lipinski definition) is 4. The fourth-order valence-electron chi connectivity index (χ4n) is 2.93. The monoisotopic (exact) mass is 297 g/mol.